The van der Waals surface area contributed by atoms with Crippen LogP contribution in [0.1, 0.15) is 71.1 Å². The van der Waals surface area contributed by atoms with Crippen LogP contribution in [-0.2, 0) is 28.6 Å². The Kier molecular flexibility index (Phi) is 9.58. The van der Waals surface area contributed by atoms with Crippen LogP contribution in [0.25, 0.3) is 0 Å². The summed E-state index contributed by atoms with van der Waals surface area (Å²) in [6.07, 6.45) is 8.04. The van der Waals surface area contributed by atoms with E-state index in [1.54, 1.807) is 6.92 Å². The van der Waals surface area contributed by atoms with Gasteiger partial charge in [0, 0.05) is 39.1 Å². The first-order valence-electron chi connectivity index (χ1n) is 12.0. The number of nitrogens with one attached hydrogen (secondary N) is 1. The van der Waals surface area contributed by atoms with Crippen LogP contribution < -0.4 is 5.32 Å². The van der Waals surface area contributed by atoms with E-state index in [1.165, 1.54) is 0 Å². The van der Waals surface area contributed by atoms with Crippen LogP contribution in [0.2, 0.25) is 0 Å². The number of ether oxygens (including phenoxy) is 3. The van der Waals surface area contributed by atoms with Gasteiger partial charge in [0.05, 0.1) is 24.7 Å². The minimum atomic E-state index is -0.370. The highest BCUT2D eigenvalue weighted by Crippen LogP contribution is 2.22. The standard InChI is InChI=1S/C23H38N2O6/c1-17(16-24-21(26)8-6-19-4-2-14-29-19)31-23(28)18-10-12-25(13-11-18)22(27)9-7-20-5-3-15-30-20/h17-20H,2-16H2,1H3,(H,24,26)/t17-,19-,20-/m1/s1. The highest BCUT2D eigenvalue weighted by molar-refractivity contribution is 5.77. The van der Waals surface area contributed by atoms with Crippen molar-refractivity contribution < 1.29 is 28.6 Å². The molecule has 3 fully saturated rings. The number of likely N-dealkylation sites (tertiary alicyclic amines) is 1. The quantitative estimate of drug-likeness (QED) is 0.526. The maximum Gasteiger partial charge on any atom is 0.309 e. The largest absolute Gasteiger partial charge is 0.461 e. The molecule has 0 aromatic rings. The average molecular weight is 439 g/mol. The summed E-state index contributed by atoms with van der Waals surface area (Å²) in [5, 5.41) is 2.84. The van der Waals surface area contributed by atoms with Gasteiger partial charge in [0.1, 0.15) is 6.10 Å². The molecular formula is C23H38N2O6. The molecule has 8 heteroatoms. The summed E-state index contributed by atoms with van der Waals surface area (Å²) in [6.45, 7) is 4.90. The Balaban J connectivity index is 1.26. The Morgan fingerprint density at radius 3 is 2.16 bits per heavy atom. The van der Waals surface area contributed by atoms with E-state index >= 15 is 0 Å². The maximum absolute atomic E-state index is 12.5. The lowest BCUT2D eigenvalue weighted by Gasteiger charge is -2.31. The summed E-state index contributed by atoms with van der Waals surface area (Å²) < 4.78 is 16.6. The first-order valence-corrected chi connectivity index (χ1v) is 12.0. The predicted octanol–water partition coefficient (Wildman–Crippen LogP) is 2.19. The first-order chi connectivity index (χ1) is 15.0. The van der Waals surface area contributed by atoms with E-state index in [1.807, 2.05) is 4.90 Å². The van der Waals surface area contributed by atoms with Crippen LogP contribution in [0.3, 0.4) is 0 Å². The molecule has 0 aromatic heterocycles. The second-order valence-corrected chi connectivity index (χ2v) is 9.05. The van der Waals surface area contributed by atoms with Crippen LogP contribution in [0.15, 0.2) is 0 Å². The number of nitrogens with zero attached hydrogens (tertiary/aromatic N) is 1. The lowest BCUT2D eigenvalue weighted by Crippen LogP contribution is -2.42. The van der Waals surface area contributed by atoms with Crippen molar-refractivity contribution in [2.24, 2.45) is 5.92 Å². The first kappa shape index (κ1) is 24.0. The number of hydrogen-bond acceptors (Lipinski definition) is 6. The summed E-state index contributed by atoms with van der Waals surface area (Å²) in [5.41, 5.74) is 0. The lowest BCUT2D eigenvalue weighted by molar-refractivity contribution is -0.156. The van der Waals surface area contributed by atoms with Gasteiger partial charge in [-0.1, -0.05) is 0 Å². The number of piperidine rings is 1. The number of esters is 1. The van der Waals surface area contributed by atoms with Crippen LogP contribution in [0, 0.1) is 5.92 Å². The normalized spacial score (nSPS) is 25.4. The fraction of sp³-hybridized carbons (Fsp3) is 0.870. The molecule has 31 heavy (non-hydrogen) atoms. The predicted molar refractivity (Wildman–Crippen MR) is 114 cm³/mol. The van der Waals surface area contributed by atoms with Crippen LogP contribution in [-0.4, -0.2) is 73.8 Å². The molecular weight excluding hydrogens is 400 g/mol. The van der Waals surface area contributed by atoms with Gasteiger partial charge < -0.3 is 24.4 Å². The van der Waals surface area contributed by atoms with E-state index in [-0.39, 0.29) is 42.0 Å². The molecule has 0 radical (unpaired) electrons. The molecule has 3 atom stereocenters. The van der Waals surface area contributed by atoms with E-state index in [4.69, 9.17) is 14.2 Å². The van der Waals surface area contributed by atoms with Gasteiger partial charge in [-0.15, -0.1) is 0 Å². The lowest BCUT2D eigenvalue weighted by atomic mass is 9.96. The molecule has 176 valence electrons. The fourth-order valence-electron chi connectivity index (χ4n) is 4.53. The van der Waals surface area contributed by atoms with Crippen molar-refractivity contribution in [2.45, 2.75) is 89.4 Å². The molecule has 2 amide bonds. The summed E-state index contributed by atoms with van der Waals surface area (Å²) >= 11 is 0. The summed E-state index contributed by atoms with van der Waals surface area (Å²) in [4.78, 5) is 38.7. The zero-order valence-corrected chi connectivity index (χ0v) is 18.8. The van der Waals surface area contributed by atoms with Gasteiger partial charge in [-0.2, -0.15) is 0 Å². The molecule has 0 spiro atoms. The third kappa shape index (κ3) is 8.07. The Morgan fingerprint density at radius 1 is 0.968 bits per heavy atom. The summed E-state index contributed by atoms with van der Waals surface area (Å²) in [6, 6.07) is 0. The van der Waals surface area contributed by atoms with Gasteiger partial charge in [-0.05, 0) is 58.3 Å². The zero-order valence-electron chi connectivity index (χ0n) is 18.8. The van der Waals surface area contributed by atoms with Gasteiger partial charge in [0.25, 0.3) is 0 Å². The van der Waals surface area contributed by atoms with Crippen LogP contribution >= 0.6 is 0 Å². The van der Waals surface area contributed by atoms with Gasteiger partial charge in [0.15, 0.2) is 0 Å². The maximum atomic E-state index is 12.5. The Hall–Kier alpha value is -1.67. The van der Waals surface area contributed by atoms with Gasteiger partial charge in [-0.25, -0.2) is 0 Å². The number of hydrogen-bond donors (Lipinski definition) is 1. The summed E-state index contributed by atoms with van der Waals surface area (Å²) in [5.74, 6) is -0.290. The SMILES string of the molecule is C[C@H](CNC(=O)CC[C@H]1CCCO1)OC(=O)C1CCN(C(=O)CC[C@H]2CCCO2)CC1. The minimum Gasteiger partial charge on any atom is -0.461 e. The number of amides is 2. The molecule has 0 saturated carbocycles. The van der Waals surface area contributed by atoms with Crippen molar-refractivity contribution in [3.05, 3.63) is 0 Å². The van der Waals surface area contributed by atoms with E-state index in [2.05, 4.69) is 5.32 Å². The van der Waals surface area contributed by atoms with Crippen LogP contribution in [0.4, 0.5) is 0 Å². The third-order valence-electron chi connectivity index (χ3n) is 6.51. The molecule has 3 heterocycles. The van der Waals surface area contributed by atoms with Crippen molar-refractivity contribution in [2.75, 3.05) is 32.8 Å². The molecule has 3 saturated heterocycles. The monoisotopic (exact) mass is 438 g/mol. The van der Waals surface area contributed by atoms with Gasteiger partial charge in [-0.3, -0.25) is 14.4 Å². The molecule has 3 rings (SSSR count). The smallest absolute Gasteiger partial charge is 0.309 e. The number of rotatable bonds is 10. The van der Waals surface area contributed by atoms with E-state index in [0.29, 0.717) is 45.3 Å². The second kappa shape index (κ2) is 12.4. The Morgan fingerprint density at radius 2 is 1.58 bits per heavy atom. The minimum absolute atomic E-state index is 0.0341. The molecule has 0 bridgehead atoms. The van der Waals surface area contributed by atoms with Gasteiger partial charge in [0.2, 0.25) is 11.8 Å². The second-order valence-electron chi connectivity index (χ2n) is 9.05. The molecule has 0 aromatic carbocycles. The van der Waals surface area contributed by atoms with Crippen LogP contribution in [0.5, 0.6) is 0 Å². The Bertz CT molecular complexity index is 593. The van der Waals surface area contributed by atoms with Crippen molar-refractivity contribution in [3.63, 3.8) is 0 Å². The molecule has 3 aliphatic heterocycles. The van der Waals surface area contributed by atoms with E-state index in [0.717, 1.165) is 51.7 Å². The van der Waals surface area contributed by atoms with E-state index < -0.39 is 0 Å². The number of carbonyl (C=O) groups is 3. The highest BCUT2D eigenvalue weighted by atomic mass is 16.5. The average Bonchev–Trinajstić information content (AvgIpc) is 3.49. The molecule has 1 N–H and O–H groups in total. The van der Waals surface area contributed by atoms with Crippen molar-refractivity contribution in [3.8, 4) is 0 Å². The highest BCUT2D eigenvalue weighted by Gasteiger charge is 2.29. The van der Waals surface area contributed by atoms with E-state index in [9.17, 15) is 14.4 Å². The number of carbonyl (C=O) groups excluding carboxylic acids is 3. The molecule has 0 unspecified atom stereocenters. The molecule has 0 aliphatic carbocycles. The Labute approximate surface area is 185 Å². The fourth-order valence-corrected chi connectivity index (χ4v) is 4.53. The van der Waals surface area contributed by atoms with Gasteiger partial charge >= 0.3 is 5.97 Å². The summed E-state index contributed by atoms with van der Waals surface area (Å²) in [7, 11) is 0. The zero-order chi connectivity index (χ0) is 22.1. The third-order valence-corrected chi connectivity index (χ3v) is 6.51. The van der Waals surface area contributed by atoms with Crippen molar-refractivity contribution in [1.82, 2.24) is 10.2 Å². The van der Waals surface area contributed by atoms with Crippen molar-refractivity contribution >= 4 is 17.8 Å². The molecule has 8 nitrogen and oxygen atoms in total. The molecule has 3 aliphatic rings. The topological polar surface area (TPSA) is 94.2 Å². The van der Waals surface area contributed by atoms with Crippen molar-refractivity contribution in [1.29, 1.82) is 0 Å².